The number of carbonyl (C=O) groups excluding carboxylic acids is 1. The minimum Gasteiger partial charge on any atom is -0.479 e. The molecule has 0 aliphatic rings. The quantitative estimate of drug-likeness (QED) is 0.803. The Labute approximate surface area is 119 Å². The number of fused-ring (bicyclic) bond motifs is 1. The molecule has 5 nitrogen and oxygen atoms in total. The average Bonchev–Trinajstić information content (AvgIpc) is 2.65. The summed E-state index contributed by atoms with van der Waals surface area (Å²) in [6, 6.07) is 1.81. The maximum absolute atomic E-state index is 12.2. The van der Waals surface area contributed by atoms with Crippen LogP contribution in [-0.4, -0.2) is 28.4 Å². The molecule has 0 fully saturated rings. The highest BCUT2D eigenvalue weighted by molar-refractivity contribution is 9.10. The highest BCUT2D eigenvalue weighted by Gasteiger charge is 2.22. The van der Waals surface area contributed by atoms with E-state index in [0.717, 1.165) is 9.86 Å². The van der Waals surface area contributed by atoms with E-state index in [9.17, 15) is 4.79 Å². The third kappa shape index (κ3) is 2.73. The fraction of sp³-hybridized carbons (Fsp3) is 0.385. The number of rotatable bonds is 1. The van der Waals surface area contributed by atoms with Crippen molar-refractivity contribution in [3.05, 3.63) is 22.9 Å². The van der Waals surface area contributed by atoms with Crippen molar-refractivity contribution in [2.24, 2.45) is 0 Å². The van der Waals surface area contributed by atoms with Crippen LogP contribution >= 0.6 is 15.9 Å². The molecule has 0 saturated carbocycles. The number of hydrogen-bond donors (Lipinski definition) is 0. The lowest BCUT2D eigenvalue weighted by molar-refractivity contribution is 0.0543. The molecule has 0 bridgehead atoms. The standard InChI is InChI=1S/C13H15BrN2O3/c1-13(2,3)19-12(17)16-7-9(14)8-5-6-15-11(18-4)10(8)16/h5-7H,1-4H3. The smallest absolute Gasteiger partial charge is 0.419 e. The van der Waals surface area contributed by atoms with Crippen molar-refractivity contribution in [1.82, 2.24) is 9.55 Å². The van der Waals surface area contributed by atoms with Gasteiger partial charge in [-0.15, -0.1) is 0 Å². The molecule has 0 aliphatic heterocycles. The van der Waals surface area contributed by atoms with E-state index in [1.807, 2.05) is 26.8 Å². The van der Waals surface area contributed by atoms with Crippen molar-refractivity contribution in [1.29, 1.82) is 0 Å². The van der Waals surface area contributed by atoms with Crippen LogP contribution in [0.5, 0.6) is 5.88 Å². The molecule has 0 amide bonds. The fourth-order valence-electron chi connectivity index (χ4n) is 1.71. The van der Waals surface area contributed by atoms with Gasteiger partial charge in [-0.2, -0.15) is 0 Å². The Hall–Kier alpha value is -1.56. The van der Waals surface area contributed by atoms with Gasteiger partial charge in [0.15, 0.2) is 0 Å². The monoisotopic (exact) mass is 326 g/mol. The van der Waals surface area contributed by atoms with Gasteiger partial charge in [0.2, 0.25) is 5.88 Å². The van der Waals surface area contributed by atoms with Crippen molar-refractivity contribution in [3.63, 3.8) is 0 Å². The number of hydrogen-bond acceptors (Lipinski definition) is 4. The highest BCUT2D eigenvalue weighted by atomic mass is 79.9. The van der Waals surface area contributed by atoms with Crippen molar-refractivity contribution < 1.29 is 14.3 Å². The SMILES string of the molecule is COc1nccc2c(Br)cn(C(=O)OC(C)(C)C)c12. The molecule has 0 spiro atoms. The molecule has 6 heteroatoms. The van der Waals surface area contributed by atoms with E-state index < -0.39 is 11.7 Å². The molecule has 19 heavy (non-hydrogen) atoms. The Morgan fingerprint density at radius 1 is 1.42 bits per heavy atom. The van der Waals surface area contributed by atoms with E-state index in [4.69, 9.17) is 9.47 Å². The Morgan fingerprint density at radius 2 is 2.11 bits per heavy atom. The van der Waals surface area contributed by atoms with Crippen molar-refractivity contribution >= 4 is 32.9 Å². The number of aromatic nitrogens is 2. The summed E-state index contributed by atoms with van der Waals surface area (Å²) in [5.74, 6) is 0.383. The first-order valence-electron chi connectivity index (χ1n) is 5.76. The van der Waals surface area contributed by atoms with Crippen LogP contribution in [0.3, 0.4) is 0 Å². The van der Waals surface area contributed by atoms with Gasteiger partial charge in [-0.25, -0.2) is 14.3 Å². The Balaban J connectivity index is 2.58. The minimum absolute atomic E-state index is 0.383. The summed E-state index contributed by atoms with van der Waals surface area (Å²) in [6.45, 7) is 5.46. The van der Waals surface area contributed by atoms with Crippen molar-refractivity contribution in [2.45, 2.75) is 26.4 Å². The Bertz CT molecular complexity index is 629. The topological polar surface area (TPSA) is 53.4 Å². The van der Waals surface area contributed by atoms with E-state index in [1.54, 1.807) is 12.4 Å². The predicted octanol–water partition coefficient (Wildman–Crippen LogP) is 3.59. The fourth-order valence-corrected chi connectivity index (χ4v) is 2.24. The second-order valence-corrected chi connectivity index (χ2v) is 5.90. The van der Waals surface area contributed by atoms with Gasteiger partial charge < -0.3 is 9.47 Å². The van der Waals surface area contributed by atoms with Gasteiger partial charge in [-0.1, -0.05) is 0 Å². The van der Waals surface area contributed by atoms with Crippen LogP contribution < -0.4 is 4.74 Å². The summed E-state index contributed by atoms with van der Waals surface area (Å²) in [5.41, 5.74) is 0.0291. The molecular formula is C13H15BrN2O3. The molecule has 0 aliphatic carbocycles. The van der Waals surface area contributed by atoms with Crippen molar-refractivity contribution in [3.8, 4) is 5.88 Å². The van der Waals surface area contributed by atoms with Gasteiger partial charge in [0.25, 0.3) is 0 Å². The van der Waals surface area contributed by atoms with Crippen LogP contribution in [-0.2, 0) is 4.74 Å². The van der Waals surface area contributed by atoms with Crippen LogP contribution in [0.4, 0.5) is 4.79 Å². The summed E-state index contributed by atoms with van der Waals surface area (Å²) in [7, 11) is 1.52. The lowest BCUT2D eigenvalue weighted by Gasteiger charge is -2.19. The van der Waals surface area contributed by atoms with Gasteiger partial charge >= 0.3 is 6.09 Å². The lowest BCUT2D eigenvalue weighted by Crippen LogP contribution is -2.26. The van der Waals surface area contributed by atoms with Crippen LogP contribution in [0.2, 0.25) is 0 Å². The first kappa shape index (κ1) is 13.9. The summed E-state index contributed by atoms with van der Waals surface area (Å²) < 4.78 is 12.8. The molecule has 0 atom stereocenters. The maximum atomic E-state index is 12.2. The summed E-state index contributed by atoms with van der Waals surface area (Å²) >= 11 is 3.42. The lowest BCUT2D eigenvalue weighted by atomic mass is 10.2. The predicted molar refractivity (Wildman–Crippen MR) is 75.6 cm³/mol. The van der Waals surface area contributed by atoms with E-state index in [0.29, 0.717) is 11.4 Å². The second kappa shape index (κ2) is 4.85. The molecule has 0 saturated heterocycles. The summed E-state index contributed by atoms with van der Waals surface area (Å²) in [5, 5.41) is 0.845. The second-order valence-electron chi connectivity index (χ2n) is 5.04. The summed E-state index contributed by atoms with van der Waals surface area (Å²) in [6.07, 6.45) is 2.82. The molecule has 102 valence electrons. The third-order valence-electron chi connectivity index (χ3n) is 2.41. The van der Waals surface area contributed by atoms with Crippen molar-refractivity contribution in [2.75, 3.05) is 7.11 Å². The van der Waals surface area contributed by atoms with E-state index in [2.05, 4.69) is 20.9 Å². The van der Waals surface area contributed by atoms with Gasteiger partial charge in [0.05, 0.1) is 7.11 Å². The molecule has 0 N–H and O–H groups in total. The number of nitrogens with zero attached hydrogens (tertiary/aromatic N) is 2. The number of halogens is 1. The normalized spacial score (nSPS) is 11.6. The summed E-state index contributed by atoms with van der Waals surface area (Å²) in [4.78, 5) is 16.3. The molecule has 0 radical (unpaired) electrons. The molecule has 0 unspecified atom stereocenters. The maximum Gasteiger partial charge on any atom is 0.419 e. The molecule has 2 aromatic rings. The first-order valence-corrected chi connectivity index (χ1v) is 6.55. The van der Waals surface area contributed by atoms with Gasteiger partial charge in [0, 0.05) is 22.3 Å². The molecule has 2 heterocycles. The van der Waals surface area contributed by atoms with E-state index in [-0.39, 0.29) is 0 Å². The molecule has 2 aromatic heterocycles. The number of carbonyl (C=O) groups is 1. The van der Waals surface area contributed by atoms with Crippen LogP contribution in [0.25, 0.3) is 10.9 Å². The minimum atomic E-state index is -0.560. The largest absolute Gasteiger partial charge is 0.479 e. The molecule has 0 aromatic carbocycles. The number of methoxy groups -OCH3 is 1. The molecular weight excluding hydrogens is 312 g/mol. The average molecular weight is 327 g/mol. The third-order valence-corrected chi connectivity index (χ3v) is 3.05. The zero-order chi connectivity index (χ0) is 14.2. The highest BCUT2D eigenvalue weighted by Crippen LogP contribution is 2.31. The van der Waals surface area contributed by atoms with E-state index >= 15 is 0 Å². The zero-order valence-electron chi connectivity index (χ0n) is 11.2. The van der Waals surface area contributed by atoms with Gasteiger partial charge in [-0.05, 0) is 42.8 Å². The van der Waals surface area contributed by atoms with Crippen LogP contribution in [0.1, 0.15) is 20.8 Å². The van der Waals surface area contributed by atoms with Crippen LogP contribution in [0.15, 0.2) is 22.9 Å². The van der Waals surface area contributed by atoms with Gasteiger partial charge in [0.1, 0.15) is 11.1 Å². The van der Waals surface area contributed by atoms with E-state index in [1.165, 1.54) is 11.7 Å². The van der Waals surface area contributed by atoms with Gasteiger partial charge in [-0.3, -0.25) is 0 Å². The Kier molecular flexibility index (Phi) is 3.54. The Morgan fingerprint density at radius 3 is 2.68 bits per heavy atom. The zero-order valence-corrected chi connectivity index (χ0v) is 12.8. The molecule has 2 rings (SSSR count). The number of ether oxygens (including phenoxy) is 2. The number of pyridine rings is 1. The first-order chi connectivity index (χ1) is 8.83. The van der Waals surface area contributed by atoms with Crippen LogP contribution in [0, 0.1) is 0 Å².